The van der Waals surface area contributed by atoms with Gasteiger partial charge in [-0.15, -0.1) is 6.58 Å². The van der Waals surface area contributed by atoms with E-state index in [4.69, 9.17) is 9.47 Å². The van der Waals surface area contributed by atoms with Gasteiger partial charge in [-0.25, -0.2) is 0 Å². The number of hydrogen-bond donors (Lipinski definition) is 1. The van der Waals surface area contributed by atoms with Crippen LogP contribution in [0.15, 0.2) is 12.7 Å². The van der Waals surface area contributed by atoms with Crippen molar-refractivity contribution >= 4 is 0 Å². The molecule has 0 amide bonds. The van der Waals surface area contributed by atoms with Gasteiger partial charge >= 0.3 is 0 Å². The fraction of sp³-hybridized carbons (Fsp3) is 0.917. The highest BCUT2D eigenvalue weighted by Gasteiger charge is 2.67. The van der Waals surface area contributed by atoms with Crippen LogP contribution >= 0.6 is 0 Å². The fourth-order valence-electron chi connectivity index (χ4n) is 8.66. The van der Waals surface area contributed by atoms with Gasteiger partial charge in [0.25, 0.3) is 0 Å². The zero-order valence-corrected chi connectivity index (χ0v) is 17.3. The molecule has 0 radical (unpaired) electrons. The van der Waals surface area contributed by atoms with Crippen molar-refractivity contribution in [2.75, 3.05) is 13.2 Å². The Kier molecular flexibility index (Phi) is 4.18. The third kappa shape index (κ3) is 2.43. The number of fused-ring (bicyclic) bond motifs is 6. The van der Waals surface area contributed by atoms with Crippen molar-refractivity contribution < 1.29 is 14.6 Å². The van der Waals surface area contributed by atoms with Crippen LogP contribution in [0.3, 0.4) is 0 Å². The summed E-state index contributed by atoms with van der Waals surface area (Å²) in [6, 6.07) is 0. The van der Waals surface area contributed by atoms with Crippen LogP contribution < -0.4 is 0 Å². The minimum absolute atomic E-state index is 0.201. The Labute approximate surface area is 164 Å². The quantitative estimate of drug-likeness (QED) is 0.685. The maximum Gasteiger partial charge on any atom is 0.174 e. The van der Waals surface area contributed by atoms with E-state index in [1.54, 1.807) is 0 Å². The molecule has 5 rings (SSSR count). The van der Waals surface area contributed by atoms with Gasteiger partial charge < -0.3 is 14.6 Å². The molecule has 5 aliphatic rings. The molecular weight excluding hydrogens is 336 g/mol. The lowest BCUT2D eigenvalue weighted by Crippen LogP contribution is -2.58. The molecule has 4 aliphatic carbocycles. The summed E-state index contributed by atoms with van der Waals surface area (Å²) in [4.78, 5) is 0. The van der Waals surface area contributed by atoms with E-state index >= 15 is 0 Å². The molecule has 5 fully saturated rings. The second kappa shape index (κ2) is 6.06. The van der Waals surface area contributed by atoms with Crippen LogP contribution in [0.2, 0.25) is 0 Å². The summed E-state index contributed by atoms with van der Waals surface area (Å²) in [5, 5.41) is 11.0. The first-order chi connectivity index (χ1) is 12.9. The average Bonchev–Trinajstić information content (AvgIpc) is 3.23. The van der Waals surface area contributed by atoms with Crippen molar-refractivity contribution in [1.29, 1.82) is 0 Å². The Balaban J connectivity index is 1.40. The SMILES string of the molecule is C=CC[C@@]1(O)CC[C@@]2(C)C(CC[C@@H]3[C@@H]2CC[C@@]2(C)[C@H]3CCC23OCCO3)C1. The van der Waals surface area contributed by atoms with Crippen molar-refractivity contribution in [3.63, 3.8) is 0 Å². The minimum Gasteiger partial charge on any atom is -0.390 e. The summed E-state index contributed by atoms with van der Waals surface area (Å²) < 4.78 is 12.5. The van der Waals surface area contributed by atoms with Gasteiger partial charge in [-0.05, 0) is 86.9 Å². The molecule has 7 atom stereocenters. The second-order valence-electron chi connectivity index (χ2n) is 11.0. The van der Waals surface area contributed by atoms with Crippen LogP contribution in [0.1, 0.15) is 78.1 Å². The maximum absolute atomic E-state index is 11.0. The predicted octanol–water partition coefficient (Wildman–Crippen LogP) is 5.08. The van der Waals surface area contributed by atoms with E-state index in [1.165, 1.54) is 38.5 Å². The van der Waals surface area contributed by atoms with Gasteiger partial charge in [0.05, 0.1) is 18.8 Å². The molecule has 1 unspecified atom stereocenters. The molecule has 3 nitrogen and oxygen atoms in total. The number of aliphatic hydroxyl groups is 1. The number of rotatable bonds is 2. The summed E-state index contributed by atoms with van der Waals surface area (Å²) in [7, 11) is 0. The molecule has 0 bridgehead atoms. The van der Waals surface area contributed by atoms with E-state index < -0.39 is 5.60 Å². The van der Waals surface area contributed by atoms with E-state index in [0.29, 0.717) is 11.3 Å². The van der Waals surface area contributed by atoms with Gasteiger partial charge in [-0.3, -0.25) is 0 Å². The van der Waals surface area contributed by atoms with E-state index in [2.05, 4.69) is 20.4 Å². The molecule has 0 aromatic heterocycles. The van der Waals surface area contributed by atoms with Crippen molar-refractivity contribution in [1.82, 2.24) is 0 Å². The zero-order valence-electron chi connectivity index (χ0n) is 17.3. The Hall–Kier alpha value is -0.380. The number of ether oxygens (including phenoxy) is 2. The van der Waals surface area contributed by atoms with Crippen molar-refractivity contribution in [3.8, 4) is 0 Å². The first-order valence-corrected chi connectivity index (χ1v) is 11.5. The van der Waals surface area contributed by atoms with E-state index in [1.807, 2.05) is 6.08 Å². The first kappa shape index (κ1) is 18.6. The molecule has 1 aliphatic heterocycles. The van der Waals surface area contributed by atoms with E-state index in [0.717, 1.165) is 56.7 Å². The van der Waals surface area contributed by atoms with E-state index in [9.17, 15) is 5.11 Å². The molecule has 3 heteroatoms. The molecule has 0 aromatic carbocycles. The van der Waals surface area contributed by atoms with Gasteiger partial charge in [0.1, 0.15) is 0 Å². The molecule has 1 saturated heterocycles. The fourth-order valence-corrected chi connectivity index (χ4v) is 8.66. The first-order valence-electron chi connectivity index (χ1n) is 11.5. The normalized spacial score (nSPS) is 53.6. The second-order valence-corrected chi connectivity index (χ2v) is 11.0. The van der Waals surface area contributed by atoms with Crippen molar-refractivity contribution in [2.45, 2.75) is 89.4 Å². The summed E-state index contributed by atoms with van der Waals surface area (Å²) in [6.45, 7) is 10.5. The Bertz CT molecular complexity index is 611. The van der Waals surface area contributed by atoms with Crippen LogP contribution in [-0.2, 0) is 9.47 Å². The van der Waals surface area contributed by atoms with E-state index in [-0.39, 0.29) is 11.2 Å². The highest BCUT2D eigenvalue weighted by atomic mass is 16.7. The molecule has 1 heterocycles. The predicted molar refractivity (Wildman–Crippen MR) is 106 cm³/mol. The lowest BCUT2D eigenvalue weighted by atomic mass is 9.44. The molecule has 1 spiro atoms. The molecule has 152 valence electrons. The Morgan fingerprint density at radius 2 is 1.70 bits per heavy atom. The molecule has 4 saturated carbocycles. The Morgan fingerprint density at radius 3 is 2.44 bits per heavy atom. The lowest BCUT2D eigenvalue weighted by Gasteiger charge is -2.62. The molecule has 1 N–H and O–H groups in total. The van der Waals surface area contributed by atoms with Gasteiger partial charge in [0.2, 0.25) is 0 Å². The summed E-state index contributed by atoms with van der Waals surface area (Å²) in [5.41, 5.74) is 0.113. The van der Waals surface area contributed by atoms with Crippen LogP contribution in [0.25, 0.3) is 0 Å². The van der Waals surface area contributed by atoms with Crippen molar-refractivity contribution in [3.05, 3.63) is 12.7 Å². The van der Waals surface area contributed by atoms with Crippen LogP contribution in [0, 0.1) is 34.5 Å². The lowest BCUT2D eigenvalue weighted by molar-refractivity contribution is -0.249. The zero-order chi connectivity index (χ0) is 18.9. The van der Waals surface area contributed by atoms with Gasteiger partial charge in [0, 0.05) is 11.8 Å². The van der Waals surface area contributed by atoms with Gasteiger partial charge in [0.15, 0.2) is 5.79 Å². The van der Waals surface area contributed by atoms with Crippen LogP contribution in [-0.4, -0.2) is 29.7 Å². The summed E-state index contributed by atoms with van der Waals surface area (Å²) in [5.74, 6) is 2.79. The smallest absolute Gasteiger partial charge is 0.174 e. The monoisotopic (exact) mass is 374 g/mol. The summed E-state index contributed by atoms with van der Waals surface area (Å²) in [6.07, 6.45) is 13.4. The maximum atomic E-state index is 11.0. The largest absolute Gasteiger partial charge is 0.390 e. The molecule has 0 aromatic rings. The third-order valence-electron chi connectivity index (χ3n) is 10.1. The third-order valence-corrected chi connectivity index (χ3v) is 10.1. The minimum atomic E-state index is -0.495. The van der Waals surface area contributed by atoms with Crippen LogP contribution in [0.4, 0.5) is 0 Å². The van der Waals surface area contributed by atoms with Crippen molar-refractivity contribution in [2.24, 2.45) is 34.5 Å². The molecule has 27 heavy (non-hydrogen) atoms. The number of hydrogen-bond acceptors (Lipinski definition) is 3. The Morgan fingerprint density at radius 1 is 0.963 bits per heavy atom. The topological polar surface area (TPSA) is 38.7 Å². The highest BCUT2D eigenvalue weighted by Crippen LogP contribution is 2.70. The molecular formula is C24H38O3. The van der Waals surface area contributed by atoms with Crippen LogP contribution in [0.5, 0.6) is 0 Å². The summed E-state index contributed by atoms with van der Waals surface area (Å²) >= 11 is 0. The van der Waals surface area contributed by atoms with Gasteiger partial charge in [-0.2, -0.15) is 0 Å². The average molecular weight is 375 g/mol. The highest BCUT2D eigenvalue weighted by molar-refractivity contribution is 5.13. The standard InChI is InChI=1S/C24H38O3/c1-4-9-23(25)13-12-21(2)17(16-23)5-6-18-19(21)7-10-22(3)20(18)8-11-24(22)26-14-15-27-24/h4,17-20,25H,1,5-16H2,2-3H3/t17?,18-,19+,20+,21+,22+,23-/m1/s1. The van der Waals surface area contributed by atoms with Gasteiger partial charge in [-0.1, -0.05) is 19.9 Å².